The molecule has 0 saturated heterocycles. The largest absolute Gasteiger partial charge is 0.321 e. The third kappa shape index (κ3) is 2.14. The van der Waals surface area contributed by atoms with Crippen LogP contribution in [-0.4, -0.2) is 16.8 Å². The minimum atomic E-state index is -0.660. The van der Waals surface area contributed by atoms with Gasteiger partial charge in [0, 0.05) is 6.20 Å². The summed E-state index contributed by atoms with van der Waals surface area (Å²) in [4.78, 5) is 15.2. The van der Waals surface area contributed by atoms with Gasteiger partial charge in [0.2, 0.25) is 0 Å². The minimum absolute atomic E-state index is 0.00457. The Kier molecular flexibility index (Phi) is 3.30. The zero-order valence-electron chi connectivity index (χ0n) is 8.20. The zero-order valence-corrected chi connectivity index (χ0v) is 8.20. The lowest BCUT2D eigenvalue weighted by atomic mass is 9.96. The molecule has 0 aliphatic carbocycles. The van der Waals surface area contributed by atoms with Gasteiger partial charge in [-0.15, -0.1) is 0 Å². The molecule has 1 atom stereocenters. The molecule has 1 aromatic rings. The highest BCUT2D eigenvalue weighted by Gasteiger charge is 2.21. The second kappa shape index (κ2) is 4.28. The molecule has 0 aliphatic rings. The molecular formula is C10H13FN2O. The summed E-state index contributed by atoms with van der Waals surface area (Å²) in [5.41, 5.74) is 5.64. The van der Waals surface area contributed by atoms with E-state index in [-0.39, 0.29) is 17.3 Å². The Hall–Kier alpha value is -1.29. The summed E-state index contributed by atoms with van der Waals surface area (Å²) < 4.78 is 13.1. The van der Waals surface area contributed by atoms with Gasteiger partial charge >= 0.3 is 0 Å². The Balaban J connectivity index is 2.95. The SMILES string of the molecule is CC(C)C(N)C(=O)c1ccncc1F. The molecule has 1 rings (SSSR count). The number of rotatable bonds is 3. The predicted octanol–water partition coefficient (Wildman–Crippen LogP) is 1.39. The smallest absolute Gasteiger partial charge is 0.182 e. The summed E-state index contributed by atoms with van der Waals surface area (Å²) in [6.45, 7) is 3.64. The summed E-state index contributed by atoms with van der Waals surface area (Å²) in [5.74, 6) is -0.997. The van der Waals surface area contributed by atoms with Crippen molar-refractivity contribution in [3.8, 4) is 0 Å². The third-order valence-corrected chi connectivity index (χ3v) is 2.06. The van der Waals surface area contributed by atoms with Crippen LogP contribution in [0.5, 0.6) is 0 Å². The first-order chi connectivity index (χ1) is 6.54. The molecule has 0 spiro atoms. The molecule has 0 aromatic carbocycles. The van der Waals surface area contributed by atoms with Crippen LogP contribution < -0.4 is 5.73 Å². The topological polar surface area (TPSA) is 56.0 Å². The van der Waals surface area contributed by atoms with E-state index >= 15 is 0 Å². The fraction of sp³-hybridized carbons (Fsp3) is 0.400. The van der Waals surface area contributed by atoms with E-state index in [0.29, 0.717) is 0 Å². The van der Waals surface area contributed by atoms with Crippen molar-refractivity contribution in [1.82, 2.24) is 4.98 Å². The van der Waals surface area contributed by atoms with Crippen LogP contribution >= 0.6 is 0 Å². The minimum Gasteiger partial charge on any atom is -0.321 e. The number of nitrogens with two attached hydrogens (primary N) is 1. The lowest BCUT2D eigenvalue weighted by Crippen LogP contribution is -2.36. The van der Waals surface area contributed by atoms with Crippen molar-refractivity contribution in [1.29, 1.82) is 0 Å². The summed E-state index contributed by atoms with van der Waals surface area (Å²) in [6, 6.07) is 0.687. The van der Waals surface area contributed by atoms with E-state index in [9.17, 15) is 9.18 Å². The third-order valence-electron chi connectivity index (χ3n) is 2.06. The van der Waals surface area contributed by atoms with Crippen LogP contribution in [0.4, 0.5) is 4.39 Å². The van der Waals surface area contributed by atoms with Crippen molar-refractivity contribution in [3.63, 3.8) is 0 Å². The van der Waals surface area contributed by atoms with Gasteiger partial charge in [0.25, 0.3) is 0 Å². The number of pyridine rings is 1. The number of aromatic nitrogens is 1. The molecule has 3 nitrogen and oxygen atoms in total. The van der Waals surface area contributed by atoms with Crippen LogP contribution in [0.15, 0.2) is 18.5 Å². The van der Waals surface area contributed by atoms with Crippen LogP contribution in [0.2, 0.25) is 0 Å². The molecule has 1 heterocycles. The van der Waals surface area contributed by atoms with E-state index in [4.69, 9.17) is 5.73 Å². The monoisotopic (exact) mass is 196 g/mol. The molecule has 0 bridgehead atoms. The second-order valence-electron chi connectivity index (χ2n) is 3.49. The average molecular weight is 196 g/mol. The summed E-state index contributed by atoms with van der Waals surface area (Å²) in [7, 11) is 0. The standard InChI is InChI=1S/C10H13FN2O/c1-6(2)9(12)10(14)7-3-4-13-5-8(7)11/h3-6,9H,12H2,1-2H3. The van der Waals surface area contributed by atoms with Gasteiger partial charge in [-0.2, -0.15) is 0 Å². The number of hydrogen-bond donors (Lipinski definition) is 1. The van der Waals surface area contributed by atoms with Gasteiger partial charge in [-0.25, -0.2) is 4.39 Å². The van der Waals surface area contributed by atoms with E-state index < -0.39 is 11.9 Å². The van der Waals surface area contributed by atoms with Gasteiger partial charge in [-0.3, -0.25) is 9.78 Å². The number of ketones is 1. The molecule has 4 heteroatoms. The van der Waals surface area contributed by atoms with E-state index in [2.05, 4.69) is 4.98 Å². The Labute approximate surface area is 82.1 Å². The van der Waals surface area contributed by atoms with Gasteiger partial charge in [0.15, 0.2) is 11.6 Å². The van der Waals surface area contributed by atoms with Gasteiger partial charge in [0.1, 0.15) is 0 Å². The van der Waals surface area contributed by atoms with Gasteiger partial charge in [-0.1, -0.05) is 13.8 Å². The van der Waals surface area contributed by atoms with Crippen LogP contribution in [0.25, 0.3) is 0 Å². The molecule has 76 valence electrons. The van der Waals surface area contributed by atoms with Crippen LogP contribution in [-0.2, 0) is 0 Å². The zero-order chi connectivity index (χ0) is 10.7. The van der Waals surface area contributed by atoms with E-state index in [1.807, 2.05) is 13.8 Å². The van der Waals surface area contributed by atoms with E-state index in [0.717, 1.165) is 6.20 Å². The fourth-order valence-corrected chi connectivity index (χ4v) is 1.06. The Morgan fingerprint density at radius 2 is 2.21 bits per heavy atom. The Morgan fingerprint density at radius 1 is 1.57 bits per heavy atom. The highest BCUT2D eigenvalue weighted by atomic mass is 19.1. The van der Waals surface area contributed by atoms with Gasteiger partial charge in [-0.05, 0) is 12.0 Å². The highest BCUT2D eigenvalue weighted by Crippen LogP contribution is 2.11. The first-order valence-corrected chi connectivity index (χ1v) is 4.43. The predicted molar refractivity (Wildman–Crippen MR) is 51.3 cm³/mol. The summed E-state index contributed by atoms with van der Waals surface area (Å²) >= 11 is 0. The second-order valence-corrected chi connectivity index (χ2v) is 3.49. The number of carbonyl (C=O) groups excluding carboxylic acids is 1. The lowest BCUT2D eigenvalue weighted by molar-refractivity contribution is 0.0936. The maximum Gasteiger partial charge on any atom is 0.182 e. The summed E-state index contributed by atoms with van der Waals surface area (Å²) in [6.07, 6.45) is 2.39. The van der Waals surface area contributed by atoms with Crippen LogP contribution in [0.3, 0.4) is 0 Å². The maximum atomic E-state index is 13.1. The number of halogens is 1. The van der Waals surface area contributed by atoms with Gasteiger partial charge < -0.3 is 5.73 Å². The molecule has 0 amide bonds. The molecule has 0 fully saturated rings. The Bertz CT molecular complexity index is 339. The average Bonchev–Trinajstić information content (AvgIpc) is 2.16. The number of carbonyl (C=O) groups is 1. The summed E-state index contributed by atoms with van der Waals surface area (Å²) in [5, 5.41) is 0. The molecule has 1 unspecified atom stereocenters. The quantitative estimate of drug-likeness (QED) is 0.743. The Morgan fingerprint density at radius 3 is 2.71 bits per heavy atom. The molecular weight excluding hydrogens is 183 g/mol. The van der Waals surface area contributed by atoms with Crippen LogP contribution in [0.1, 0.15) is 24.2 Å². The van der Waals surface area contributed by atoms with Crippen molar-refractivity contribution >= 4 is 5.78 Å². The molecule has 0 aliphatic heterocycles. The van der Waals surface area contributed by atoms with Gasteiger partial charge in [0.05, 0.1) is 17.8 Å². The number of Topliss-reactive ketones (excluding diaryl/α,β-unsaturated/α-hetero) is 1. The molecule has 0 saturated carbocycles. The van der Waals surface area contributed by atoms with E-state index in [1.165, 1.54) is 12.3 Å². The number of nitrogens with zero attached hydrogens (tertiary/aromatic N) is 1. The lowest BCUT2D eigenvalue weighted by Gasteiger charge is -2.14. The van der Waals surface area contributed by atoms with Crippen molar-refractivity contribution in [2.24, 2.45) is 11.7 Å². The van der Waals surface area contributed by atoms with Crippen molar-refractivity contribution < 1.29 is 9.18 Å². The first kappa shape index (κ1) is 10.8. The molecule has 14 heavy (non-hydrogen) atoms. The van der Waals surface area contributed by atoms with Crippen molar-refractivity contribution in [2.75, 3.05) is 0 Å². The number of hydrogen-bond acceptors (Lipinski definition) is 3. The van der Waals surface area contributed by atoms with E-state index in [1.54, 1.807) is 0 Å². The van der Waals surface area contributed by atoms with Crippen molar-refractivity contribution in [2.45, 2.75) is 19.9 Å². The first-order valence-electron chi connectivity index (χ1n) is 4.43. The van der Waals surface area contributed by atoms with Crippen molar-refractivity contribution in [3.05, 3.63) is 29.8 Å². The fourth-order valence-electron chi connectivity index (χ4n) is 1.06. The molecule has 1 aromatic heterocycles. The normalized spacial score (nSPS) is 12.9. The maximum absolute atomic E-state index is 13.1. The van der Waals surface area contributed by atoms with Crippen LogP contribution in [0, 0.1) is 11.7 Å². The highest BCUT2D eigenvalue weighted by molar-refractivity contribution is 6.00. The molecule has 0 radical (unpaired) electrons. The molecule has 2 N–H and O–H groups in total.